The zero-order valence-corrected chi connectivity index (χ0v) is 16.8. The Morgan fingerprint density at radius 3 is 2.73 bits per heavy atom. The third kappa shape index (κ3) is 4.45. The van der Waals surface area contributed by atoms with Gasteiger partial charge in [0.05, 0.1) is 30.3 Å². The number of H-pyrrole nitrogens is 1. The summed E-state index contributed by atoms with van der Waals surface area (Å²) in [5.74, 6) is -0.705. The van der Waals surface area contributed by atoms with Crippen LogP contribution in [-0.2, 0) is 4.74 Å². The summed E-state index contributed by atoms with van der Waals surface area (Å²) in [7, 11) is 0. The van der Waals surface area contributed by atoms with Gasteiger partial charge in [0, 0.05) is 30.2 Å². The van der Waals surface area contributed by atoms with Crippen LogP contribution in [0.4, 0.5) is 8.78 Å². The fourth-order valence-electron chi connectivity index (χ4n) is 3.64. The molecule has 1 atom stereocenters. The normalized spacial score (nSPS) is 16.1. The number of hydrogen-bond acceptors (Lipinski definition) is 4. The molecule has 0 saturated carbocycles. The molecule has 1 aromatic heterocycles. The van der Waals surface area contributed by atoms with Gasteiger partial charge in [-0.05, 0) is 29.8 Å². The molecule has 9 heteroatoms. The van der Waals surface area contributed by atoms with E-state index in [-0.39, 0.29) is 11.9 Å². The van der Waals surface area contributed by atoms with E-state index in [0.717, 1.165) is 18.7 Å². The van der Waals surface area contributed by atoms with Crippen molar-refractivity contribution in [3.63, 3.8) is 0 Å². The smallest absolute Gasteiger partial charge is 0.295 e. The first-order valence-corrected chi connectivity index (χ1v) is 10.0. The highest BCUT2D eigenvalue weighted by molar-refractivity contribution is 6.31. The Bertz CT molecular complexity index is 1040. The second kappa shape index (κ2) is 9.07. The maximum atomic E-state index is 12.8. The van der Waals surface area contributed by atoms with Gasteiger partial charge in [0.2, 0.25) is 0 Å². The molecule has 1 saturated heterocycles. The zero-order valence-electron chi connectivity index (χ0n) is 16.1. The summed E-state index contributed by atoms with van der Waals surface area (Å²) in [5.41, 5.74) is 2.09. The van der Waals surface area contributed by atoms with Crippen LogP contribution in [0, 0.1) is 0 Å². The van der Waals surface area contributed by atoms with E-state index in [1.54, 1.807) is 12.1 Å². The number of nitrogens with one attached hydrogen (secondary N) is 2. The third-order valence-corrected chi connectivity index (χ3v) is 5.52. The molecule has 2 aromatic carbocycles. The van der Waals surface area contributed by atoms with Gasteiger partial charge in [-0.1, -0.05) is 29.8 Å². The van der Waals surface area contributed by atoms with Gasteiger partial charge in [0.1, 0.15) is 0 Å². The van der Waals surface area contributed by atoms with Crippen LogP contribution in [0.15, 0.2) is 42.5 Å². The van der Waals surface area contributed by atoms with Gasteiger partial charge in [0.15, 0.2) is 5.82 Å². The SMILES string of the molecule is O=C(NCC(c1ccccc1Cl)N1CCOCC1)c1ccc2nc(C(F)F)[nH]c2c1. The van der Waals surface area contributed by atoms with Gasteiger partial charge in [-0.2, -0.15) is 0 Å². The molecule has 1 fully saturated rings. The maximum Gasteiger partial charge on any atom is 0.295 e. The number of carbonyl (C=O) groups is 1. The number of alkyl halides is 2. The number of halogens is 3. The highest BCUT2D eigenvalue weighted by atomic mass is 35.5. The van der Waals surface area contributed by atoms with E-state index in [9.17, 15) is 13.6 Å². The Hall–Kier alpha value is -2.55. The Labute approximate surface area is 177 Å². The predicted octanol–water partition coefficient (Wildman–Crippen LogP) is 3.96. The van der Waals surface area contributed by atoms with Gasteiger partial charge >= 0.3 is 0 Å². The molecule has 0 aliphatic carbocycles. The fraction of sp³-hybridized carbons (Fsp3) is 0.333. The van der Waals surface area contributed by atoms with E-state index < -0.39 is 12.2 Å². The summed E-state index contributed by atoms with van der Waals surface area (Å²) in [6.07, 6.45) is -2.69. The number of fused-ring (bicyclic) bond motifs is 1. The topological polar surface area (TPSA) is 70.2 Å². The van der Waals surface area contributed by atoms with E-state index in [0.29, 0.717) is 41.4 Å². The Kier molecular flexibility index (Phi) is 6.26. The molecule has 0 radical (unpaired) electrons. The summed E-state index contributed by atoms with van der Waals surface area (Å²) >= 11 is 6.42. The molecule has 3 aromatic rings. The van der Waals surface area contributed by atoms with Gasteiger partial charge in [0.25, 0.3) is 12.3 Å². The van der Waals surface area contributed by atoms with Gasteiger partial charge in [-0.15, -0.1) is 0 Å². The van der Waals surface area contributed by atoms with Gasteiger partial charge < -0.3 is 15.0 Å². The number of aromatic amines is 1. The zero-order chi connectivity index (χ0) is 21.1. The van der Waals surface area contributed by atoms with Crippen molar-refractivity contribution < 1.29 is 18.3 Å². The number of rotatable bonds is 6. The number of morpholine rings is 1. The van der Waals surface area contributed by atoms with Crippen LogP contribution in [0.3, 0.4) is 0 Å². The largest absolute Gasteiger partial charge is 0.379 e. The molecule has 2 N–H and O–H groups in total. The van der Waals surface area contributed by atoms with E-state index in [2.05, 4.69) is 20.2 Å². The lowest BCUT2D eigenvalue weighted by Crippen LogP contribution is -2.44. The molecule has 158 valence electrons. The summed E-state index contributed by atoms with van der Waals surface area (Å²) in [6.45, 7) is 3.08. The number of benzene rings is 2. The maximum absolute atomic E-state index is 12.8. The number of imidazole rings is 1. The molecule has 2 heterocycles. The van der Waals surface area contributed by atoms with Crippen molar-refractivity contribution >= 4 is 28.5 Å². The van der Waals surface area contributed by atoms with E-state index in [1.807, 2.05) is 24.3 Å². The van der Waals surface area contributed by atoms with Crippen molar-refractivity contribution in [1.29, 1.82) is 0 Å². The Morgan fingerprint density at radius 1 is 1.23 bits per heavy atom. The molecule has 4 rings (SSSR count). The van der Waals surface area contributed by atoms with Crippen molar-refractivity contribution in [2.45, 2.75) is 12.5 Å². The molecule has 1 amide bonds. The highest BCUT2D eigenvalue weighted by Gasteiger charge is 2.25. The molecule has 1 unspecified atom stereocenters. The van der Waals surface area contributed by atoms with Crippen LogP contribution in [0.25, 0.3) is 11.0 Å². The lowest BCUT2D eigenvalue weighted by Gasteiger charge is -2.35. The minimum absolute atomic E-state index is 0.104. The van der Waals surface area contributed by atoms with Crippen LogP contribution in [0.2, 0.25) is 5.02 Å². The fourth-order valence-corrected chi connectivity index (χ4v) is 3.90. The minimum atomic E-state index is -2.69. The van der Waals surface area contributed by atoms with Crippen molar-refractivity contribution in [3.05, 3.63) is 64.4 Å². The van der Waals surface area contributed by atoms with E-state index in [1.165, 1.54) is 6.07 Å². The number of nitrogens with zero attached hydrogens (tertiary/aromatic N) is 2. The number of hydrogen-bond donors (Lipinski definition) is 2. The van der Waals surface area contributed by atoms with Crippen LogP contribution in [0.1, 0.15) is 34.2 Å². The molecule has 30 heavy (non-hydrogen) atoms. The molecule has 1 aliphatic heterocycles. The monoisotopic (exact) mass is 434 g/mol. The standard InChI is InChI=1S/C21H21ClF2N4O2/c22-15-4-2-1-3-14(15)18(28-7-9-30-10-8-28)12-25-21(29)13-5-6-16-17(11-13)27-20(26-16)19(23)24/h1-6,11,18-19H,7-10,12H2,(H,25,29)(H,26,27). The van der Waals surface area contributed by atoms with Crippen LogP contribution in [0.5, 0.6) is 0 Å². The molecule has 0 bridgehead atoms. The lowest BCUT2D eigenvalue weighted by molar-refractivity contribution is 0.0162. The summed E-state index contributed by atoms with van der Waals surface area (Å²) in [4.78, 5) is 21.4. The number of carbonyl (C=O) groups excluding carboxylic acids is 1. The second-order valence-electron chi connectivity index (χ2n) is 7.05. The van der Waals surface area contributed by atoms with Crippen LogP contribution >= 0.6 is 11.6 Å². The third-order valence-electron chi connectivity index (χ3n) is 5.18. The molecule has 0 spiro atoms. The number of aromatic nitrogens is 2. The first-order valence-electron chi connectivity index (χ1n) is 9.65. The summed E-state index contributed by atoms with van der Waals surface area (Å²) in [6, 6.07) is 12.1. The van der Waals surface area contributed by atoms with Crippen molar-refractivity contribution in [1.82, 2.24) is 20.2 Å². The summed E-state index contributed by atoms with van der Waals surface area (Å²) < 4.78 is 31.1. The van der Waals surface area contributed by atoms with E-state index >= 15 is 0 Å². The summed E-state index contributed by atoms with van der Waals surface area (Å²) in [5, 5.41) is 3.59. The minimum Gasteiger partial charge on any atom is -0.379 e. The van der Waals surface area contributed by atoms with Crippen LogP contribution < -0.4 is 5.32 Å². The molecule has 6 nitrogen and oxygen atoms in total. The molecular formula is C21H21ClF2N4O2. The van der Waals surface area contributed by atoms with Crippen molar-refractivity contribution in [2.75, 3.05) is 32.8 Å². The quantitative estimate of drug-likeness (QED) is 0.616. The van der Waals surface area contributed by atoms with Gasteiger partial charge in [-0.3, -0.25) is 9.69 Å². The Morgan fingerprint density at radius 2 is 2.00 bits per heavy atom. The van der Waals surface area contributed by atoms with Crippen molar-refractivity contribution in [3.8, 4) is 0 Å². The first-order chi connectivity index (χ1) is 14.5. The van der Waals surface area contributed by atoms with Gasteiger partial charge in [-0.25, -0.2) is 13.8 Å². The molecule has 1 aliphatic rings. The van der Waals surface area contributed by atoms with Crippen LogP contribution in [-0.4, -0.2) is 53.6 Å². The number of amides is 1. The number of ether oxygens (including phenoxy) is 1. The average molecular weight is 435 g/mol. The predicted molar refractivity (Wildman–Crippen MR) is 110 cm³/mol. The second-order valence-corrected chi connectivity index (χ2v) is 7.46. The average Bonchev–Trinajstić information content (AvgIpc) is 3.19. The first kappa shape index (κ1) is 20.7. The molecular weight excluding hydrogens is 414 g/mol. The highest BCUT2D eigenvalue weighted by Crippen LogP contribution is 2.28. The Balaban J connectivity index is 1.52. The van der Waals surface area contributed by atoms with Crippen molar-refractivity contribution in [2.24, 2.45) is 0 Å². The van der Waals surface area contributed by atoms with E-state index in [4.69, 9.17) is 16.3 Å². The lowest BCUT2D eigenvalue weighted by atomic mass is 10.0.